The number of hydrogen-bond acceptors (Lipinski definition) is 8. The van der Waals surface area contributed by atoms with E-state index < -0.39 is 0 Å². The minimum atomic E-state index is -0.184. The molecule has 0 atom stereocenters. The fourth-order valence-electron chi connectivity index (χ4n) is 2.24. The fraction of sp³-hybridized carbons (Fsp3) is 0.188. The molecule has 0 N–H and O–H groups in total. The molecular formula is C16H13N5O2S2. The molecule has 25 heavy (non-hydrogen) atoms. The maximum atomic E-state index is 12.0. The van der Waals surface area contributed by atoms with E-state index in [2.05, 4.69) is 20.3 Å². The Bertz CT molecular complexity index is 1100. The van der Waals surface area contributed by atoms with Crippen LogP contribution in [0.4, 0.5) is 0 Å². The smallest absolute Gasteiger partial charge is 0.277 e. The number of benzene rings is 1. The molecular weight excluding hydrogens is 358 g/mol. The van der Waals surface area contributed by atoms with E-state index in [1.165, 1.54) is 39.2 Å². The third-order valence-corrected chi connectivity index (χ3v) is 5.12. The summed E-state index contributed by atoms with van der Waals surface area (Å²) in [5.41, 5.74) is 2.52. The van der Waals surface area contributed by atoms with E-state index in [-0.39, 0.29) is 5.56 Å². The number of fused-ring (bicyclic) bond motifs is 1. The first kappa shape index (κ1) is 16.0. The van der Waals surface area contributed by atoms with Gasteiger partial charge in [0.05, 0.1) is 5.69 Å². The first-order valence-corrected chi connectivity index (χ1v) is 9.28. The van der Waals surface area contributed by atoms with E-state index in [1.54, 1.807) is 0 Å². The van der Waals surface area contributed by atoms with Crippen molar-refractivity contribution in [2.24, 2.45) is 0 Å². The Balaban J connectivity index is 1.52. The van der Waals surface area contributed by atoms with Crippen molar-refractivity contribution in [1.82, 2.24) is 24.8 Å². The van der Waals surface area contributed by atoms with Gasteiger partial charge in [-0.15, -0.1) is 10.2 Å². The van der Waals surface area contributed by atoms with Crippen molar-refractivity contribution in [2.45, 2.75) is 24.8 Å². The van der Waals surface area contributed by atoms with Crippen molar-refractivity contribution in [3.63, 3.8) is 0 Å². The summed E-state index contributed by atoms with van der Waals surface area (Å²) in [5, 5.41) is 13.5. The van der Waals surface area contributed by atoms with Gasteiger partial charge in [-0.2, -0.15) is 9.61 Å². The van der Waals surface area contributed by atoms with E-state index >= 15 is 0 Å². The van der Waals surface area contributed by atoms with Gasteiger partial charge in [0.2, 0.25) is 10.9 Å². The monoisotopic (exact) mass is 371 g/mol. The molecule has 9 heteroatoms. The van der Waals surface area contributed by atoms with Gasteiger partial charge in [0.1, 0.15) is 5.01 Å². The van der Waals surface area contributed by atoms with Crippen molar-refractivity contribution in [3.05, 3.63) is 57.0 Å². The topological polar surface area (TPSA) is 86.2 Å². The van der Waals surface area contributed by atoms with Crippen LogP contribution < -0.4 is 5.56 Å². The zero-order valence-electron chi connectivity index (χ0n) is 13.5. The van der Waals surface area contributed by atoms with Crippen LogP contribution in [0.15, 0.2) is 44.8 Å². The summed E-state index contributed by atoms with van der Waals surface area (Å²) in [6.07, 6.45) is 0. The lowest BCUT2D eigenvalue weighted by molar-refractivity contribution is 0.466. The number of aryl methyl sites for hydroxylation is 2. The Morgan fingerprint density at radius 2 is 2.00 bits per heavy atom. The summed E-state index contributed by atoms with van der Waals surface area (Å²) < 4.78 is 6.99. The highest BCUT2D eigenvalue weighted by molar-refractivity contribution is 7.98. The minimum absolute atomic E-state index is 0.184. The quantitative estimate of drug-likeness (QED) is 0.509. The summed E-state index contributed by atoms with van der Waals surface area (Å²) in [4.78, 5) is 17.1. The molecule has 0 saturated carbocycles. The van der Waals surface area contributed by atoms with E-state index in [0.717, 1.165) is 10.6 Å². The van der Waals surface area contributed by atoms with Crippen LogP contribution in [0.5, 0.6) is 0 Å². The van der Waals surface area contributed by atoms with Gasteiger partial charge in [0.25, 0.3) is 10.8 Å². The predicted molar refractivity (Wildman–Crippen MR) is 95.9 cm³/mol. The average Bonchev–Trinajstić information content (AvgIpc) is 3.20. The molecule has 126 valence electrons. The number of thioether (sulfide) groups is 1. The molecule has 0 aliphatic carbocycles. The van der Waals surface area contributed by atoms with Gasteiger partial charge in [-0.1, -0.05) is 40.8 Å². The molecule has 0 fully saturated rings. The van der Waals surface area contributed by atoms with Crippen molar-refractivity contribution in [3.8, 4) is 11.5 Å². The molecule has 0 spiro atoms. The molecule has 0 radical (unpaired) electrons. The van der Waals surface area contributed by atoms with Gasteiger partial charge >= 0.3 is 0 Å². The second-order valence-corrected chi connectivity index (χ2v) is 7.52. The predicted octanol–water partition coefficient (Wildman–Crippen LogP) is 3.11. The highest BCUT2D eigenvalue weighted by atomic mass is 32.2. The first-order chi connectivity index (χ1) is 12.1. The Kier molecular flexibility index (Phi) is 4.10. The van der Waals surface area contributed by atoms with Crippen LogP contribution in [0.2, 0.25) is 0 Å². The summed E-state index contributed by atoms with van der Waals surface area (Å²) in [7, 11) is 0. The Hall–Kier alpha value is -2.52. The van der Waals surface area contributed by atoms with Crippen LogP contribution >= 0.6 is 23.1 Å². The molecule has 4 aromatic rings. The normalized spacial score (nSPS) is 11.3. The number of rotatable bonds is 4. The lowest BCUT2D eigenvalue weighted by Gasteiger charge is -1.98. The molecule has 3 heterocycles. The van der Waals surface area contributed by atoms with Crippen LogP contribution in [0, 0.1) is 13.8 Å². The van der Waals surface area contributed by atoms with E-state index in [9.17, 15) is 4.79 Å². The van der Waals surface area contributed by atoms with E-state index in [1.807, 2.05) is 38.1 Å². The van der Waals surface area contributed by atoms with Crippen molar-refractivity contribution >= 4 is 28.1 Å². The molecule has 4 rings (SSSR count). The zero-order chi connectivity index (χ0) is 17.4. The number of nitrogens with zero attached hydrogens (tertiary/aromatic N) is 5. The summed E-state index contributed by atoms with van der Waals surface area (Å²) in [6, 6.07) is 9.36. The lowest BCUT2D eigenvalue weighted by atomic mass is 10.1. The fourth-order valence-corrected chi connectivity index (χ4v) is 3.66. The SMILES string of the molecule is Cc1ccc(-c2nnc(SCc3cc(=O)n4nc(C)sc4n3)o2)cc1. The largest absolute Gasteiger partial charge is 0.411 e. The molecule has 3 aromatic heterocycles. The molecule has 0 aliphatic heterocycles. The second kappa shape index (κ2) is 6.41. The Morgan fingerprint density at radius 3 is 2.80 bits per heavy atom. The van der Waals surface area contributed by atoms with Crippen LogP contribution in [-0.2, 0) is 5.75 Å². The standard InChI is InChI=1S/C16H13N5O2S2/c1-9-3-5-11(6-4-9)14-18-19-16(23-14)24-8-12-7-13(22)21-15(17-12)25-10(2)20-21/h3-7H,8H2,1-2H3. The zero-order valence-corrected chi connectivity index (χ0v) is 15.1. The lowest BCUT2D eigenvalue weighted by Crippen LogP contribution is -2.15. The van der Waals surface area contributed by atoms with Crippen LogP contribution in [0.3, 0.4) is 0 Å². The van der Waals surface area contributed by atoms with Gasteiger partial charge < -0.3 is 4.42 Å². The summed E-state index contributed by atoms with van der Waals surface area (Å²) in [6.45, 7) is 3.87. The third kappa shape index (κ3) is 3.33. The molecule has 0 unspecified atom stereocenters. The maximum Gasteiger partial charge on any atom is 0.277 e. The Labute approximate surface area is 150 Å². The van der Waals surface area contributed by atoms with E-state index in [0.29, 0.717) is 27.5 Å². The van der Waals surface area contributed by atoms with Crippen LogP contribution in [0.1, 0.15) is 16.3 Å². The molecule has 0 saturated heterocycles. The van der Waals surface area contributed by atoms with E-state index in [4.69, 9.17) is 4.42 Å². The number of hydrogen-bond donors (Lipinski definition) is 0. The number of aromatic nitrogens is 5. The minimum Gasteiger partial charge on any atom is -0.411 e. The molecule has 0 aliphatic rings. The molecule has 1 aromatic carbocycles. The van der Waals surface area contributed by atoms with Gasteiger partial charge in [-0.25, -0.2) is 4.98 Å². The third-order valence-electron chi connectivity index (χ3n) is 3.45. The highest BCUT2D eigenvalue weighted by Gasteiger charge is 2.11. The summed E-state index contributed by atoms with van der Waals surface area (Å²) in [5.74, 6) is 0.946. The van der Waals surface area contributed by atoms with Gasteiger partial charge in [-0.3, -0.25) is 4.79 Å². The van der Waals surface area contributed by atoms with Gasteiger partial charge in [0, 0.05) is 17.4 Å². The molecule has 0 amide bonds. The van der Waals surface area contributed by atoms with Gasteiger partial charge in [-0.05, 0) is 26.0 Å². The second-order valence-electron chi connectivity index (χ2n) is 5.43. The van der Waals surface area contributed by atoms with Crippen LogP contribution in [0.25, 0.3) is 16.4 Å². The van der Waals surface area contributed by atoms with Crippen molar-refractivity contribution in [2.75, 3.05) is 0 Å². The van der Waals surface area contributed by atoms with Crippen LogP contribution in [-0.4, -0.2) is 24.8 Å². The van der Waals surface area contributed by atoms with Crippen molar-refractivity contribution in [1.29, 1.82) is 0 Å². The average molecular weight is 371 g/mol. The maximum absolute atomic E-state index is 12.0. The van der Waals surface area contributed by atoms with Crippen molar-refractivity contribution < 1.29 is 4.42 Å². The summed E-state index contributed by atoms with van der Waals surface area (Å²) >= 11 is 2.73. The molecule has 7 nitrogen and oxygen atoms in total. The Morgan fingerprint density at radius 1 is 1.20 bits per heavy atom. The highest BCUT2D eigenvalue weighted by Crippen LogP contribution is 2.25. The molecule has 0 bridgehead atoms. The van der Waals surface area contributed by atoms with Gasteiger partial charge in [0.15, 0.2) is 0 Å². The first-order valence-electron chi connectivity index (χ1n) is 7.48.